The molecule has 0 fully saturated rings. The molecule has 0 aliphatic heterocycles. The van der Waals surface area contributed by atoms with Gasteiger partial charge in [-0.2, -0.15) is 0 Å². The number of ether oxygens (including phenoxy) is 2. The van der Waals surface area contributed by atoms with Crippen molar-refractivity contribution in [3.63, 3.8) is 0 Å². The average Bonchev–Trinajstić information content (AvgIpc) is 2.68. The Kier molecular flexibility index (Phi) is 5.32. The van der Waals surface area contributed by atoms with Crippen LogP contribution in [-0.2, 0) is 6.42 Å². The highest BCUT2D eigenvalue weighted by molar-refractivity contribution is 5.89. The molecule has 0 amide bonds. The SMILES string of the molecule is CCc1cc(-c2ccc(OC)c(C)c2)c(-c2ccccc2)c(OC)c1C. The maximum Gasteiger partial charge on any atom is 0.130 e. The topological polar surface area (TPSA) is 18.5 Å². The number of hydrogen-bond acceptors (Lipinski definition) is 2. The quantitative estimate of drug-likeness (QED) is 0.546. The Morgan fingerprint density at radius 1 is 0.808 bits per heavy atom. The minimum Gasteiger partial charge on any atom is -0.496 e. The molecular formula is C24H26O2. The van der Waals surface area contributed by atoms with Crippen LogP contribution in [0.25, 0.3) is 22.3 Å². The Labute approximate surface area is 156 Å². The van der Waals surface area contributed by atoms with Gasteiger partial charge in [-0.15, -0.1) is 0 Å². The highest BCUT2D eigenvalue weighted by atomic mass is 16.5. The smallest absolute Gasteiger partial charge is 0.130 e. The molecule has 3 aromatic rings. The summed E-state index contributed by atoms with van der Waals surface area (Å²) in [5.41, 5.74) is 8.33. The molecule has 0 heterocycles. The third-order valence-corrected chi connectivity index (χ3v) is 4.99. The number of aryl methyl sites for hydroxylation is 2. The highest BCUT2D eigenvalue weighted by Gasteiger charge is 2.18. The lowest BCUT2D eigenvalue weighted by Crippen LogP contribution is -1.99. The zero-order valence-electron chi connectivity index (χ0n) is 16.2. The summed E-state index contributed by atoms with van der Waals surface area (Å²) in [4.78, 5) is 0. The summed E-state index contributed by atoms with van der Waals surface area (Å²) in [5, 5.41) is 0. The van der Waals surface area contributed by atoms with Crippen molar-refractivity contribution in [2.75, 3.05) is 14.2 Å². The summed E-state index contributed by atoms with van der Waals surface area (Å²) in [5.74, 6) is 1.86. The summed E-state index contributed by atoms with van der Waals surface area (Å²) in [6.07, 6.45) is 0.972. The third kappa shape index (κ3) is 3.20. The van der Waals surface area contributed by atoms with Gasteiger partial charge in [-0.25, -0.2) is 0 Å². The number of methoxy groups -OCH3 is 2. The molecule has 0 spiro atoms. The van der Waals surface area contributed by atoms with Gasteiger partial charge in [0.25, 0.3) is 0 Å². The average molecular weight is 346 g/mol. The molecule has 0 atom stereocenters. The first-order valence-corrected chi connectivity index (χ1v) is 9.01. The number of rotatable bonds is 5. The molecule has 0 N–H and O–H groups in total. The second-order valence-corrected chi connectivity index (χ2v) is 6.52. The number of benzene rings is 3. The van der Waals surface area contributed by atoms with Crippen molar-refractivity contribution in [3.05, 3.63) is 71.3 Å². The van der Waals surface area contributed by atoms with Crippen molar-refractivity contribution in [1.82, 2.24) is 0 Å². The monoisotopic (exact) mass is 346 g/mol. The van der Waals surface area contributed by atoms with E-state index in [4.69, 9.17) is 9.47 Å². The molecule has 0 unspecified atom stereocenters. The van der Waals surface area contributed by atoms with Crippen molar-refractivity contribution in [3.8, 4) is 33.8 Å². The van der Waals surface area contributed by atoms with E-state index < -0.39 is 0 Å². The number of hydrogen-bond donors (Lipinski definition) is 0. The summed E-state index contributed by atoms with van der Waals surface area (Å²) in [7, 11) is 3.47. The van der Waals surface area contributed by atoms with Crippen LogP contribution in [0.15, 0.2) is 54.6 Å². The van der Waals surface area contributed by atoms with Crippen LogP contribution in [0.2, 0.25) is 0 Å². The molecule has 0 aliphatic carbocycles. The second-order valence-electron chi connectivity index (χ2n) is 6.52. The maximum atomic E-state index is 5.89. The van der Waals surface area contributed by atoms with Crippen LogP contribution < -0.4 is 9.47 Å². The molecule has 0 saturated heterocycles. The summed E-state index contributed by atoms with van der Waals surface area (Å²) < 4.78 is 11.3. The van der Waals surface area contributed by atoms with Gasteiger partial charge in [-0.3, -0.25) is 0 Å². The Hall–Kier alpha value is -2.74. The van der Waals surface area contributed by atoms with Gasteiger partial charge in [0.1, 0.15) is 11.5 Å². The van der Waals surface area contributed by atoms with Crippen molar-refractivity contribution in [2.45, 2.75) is 27.2 Å². The van der Waals surface area contributed by atoms with Gasteiger partial charge in [-0.05, 0) is 65.8 Å². The largest absolute Gasteiger partial charge is 0.496 e. The van der Waals surface area contributed by atoms with Crippen LogP contribution in [0.5, 0.6) is 11.5 Å². The molecule has 3 aromatic carbocycles. The predicted octanol–water partition coefficient (Wildman–Crippen LogP) is 6.22. The normalized spacial score (nSPS) is 10.7. The first-order valence-electron chi connectivity index (χ1n) is 9.01. The third-order valence-electron chi connectivity index (χ3n) is 4.99. The van der Waals surface area contributed by atoms with E-state index in [1.165, 1.54) is 27.8 Å². The maximum absolute atomic E-state index is 5.89. The molecule has 2 heteroatoms. The summed E-state index contributed by atoms with van der Waals surface area (Å²) in [6.45, 7) is 6.41. The Morgan fingerprint density at radius 2 is 1.54 bits per heavy atom. The predicted molar refractivity (Wildman–Crippen MR) is 109 cm³/mol. The molecule has 0 bridgehead atoms. The van der Waals surface area contributed by atoms with E-state index in [0.29, 0.717) is 0 Å². The summed E-state index contributed by atoms with van der Waals surface area (Å²) >= 11 is 0. The molecule has 0 radical (unpaired) electrons. The Balaban J connectivity index is 2.34. The minimum atomic E-state index is 0.907. The van der Waals surface area contributed by atoms with E-state index in [0.717, 1.165) is 29.0 Å². The van der Waals surface area contributed by atoms with E-state index in [-0.39, 0.29) is 0 Å². The minimum absolute atomic E-state index is 0.907. The fourth-order valence-corrected chi connectivity index (χ4v) is 3.60. The van der Waals surface area contributed by atoms with Gasteiger partial charge in [-0.1, -0.05) is 49.4 Å². The fourth-order valence-electron chi connectivity index (χ4n) is 3.60. The van der Waals surface area contributed by atoms with Gasteiger partial charge in [0, 0.05) is 5.56 Å². The van der Waals surface area contributed by atoms with E-state index in [1.54, 1.807) is 14.2 Å². The zero-order chi connectivity index (χ0) is 18.7. The van der Waals surface area contributed by atoms with Gasteiger partial charge in [0.2, 0.25) is 0 Å². The molecular weight excluding hydrogens is 320 g/mol. The second kappa shape index (κ2) is 7.65. The first-order chi connectivity index (χ1) is 12.6. The Bertz CT molecular complexity index is 911. The lowest BCUT2D eigenvalue weighted by atomic mass is 9.88. The van der Waals surface area contributed by atoms with Crippen LogP contribution in [-0.4, -0.2) is 14.2 Å². The van der Waals surface area contributed by atoms with E-state index in [2.05, 4.69) is 63.2 Å². The molecule has 0 saturated carbocycles. The van der Waals surface area contributed by atoms with Crippen LogP contribution >= 0.6 is 0 Å². The molecule has 134 valence electrons. The van der Waals surface area contributed by atoms with Gasteiger partial charge < -0.3 is 9.47 Å². The Morgan fingerprint density at radius 3 is 2.12 bits per heavy atom. The van der Waals surface area contributed by atoms with Crippen LogP contribution in [0.1, 0.15) is 23.6 Å². The summed E-state index contributed by atoms with van der Waals surface area (Å²) in [6, 6.07) is 19.1. The first kappa shape index (κ1) is 18.1. The molecule has 2 nitrogen and oxygen atoms in total. The van der Waals surface area contributed by atoms with Crippen LogP contribution in [0.4, 0.5) is 0 Å². The molecule has 0 aromatic heterocycles. The van der Waals surface area contributed by atoms with Crippen molar-refractivity contribution in [2.24, 2.45) is 0 Å². The highest BCUT2D eigenvalue weighted by Crippen LogP contribution is 2.43. The molecule has 3 rings (SSSR count). The van der Waals surface area contributed by atoms with E-state index in [1.807, 2.05) is 12.1 Å². The van der Waals surface area contributed by atoms with Gasteiger partial charge in [0.05, 0.1) is 14.2 Å². The van der Waals surface area contributed by atoms with E-state index >= 15 is 0 Å². The van der Waals surface area contributed by atoms with Gasteiger partial charge in [0.15, 0.2) is 0 Å². The molecule has 0 aliphatic rings. The fraction of sp³-hybridized carbons (Fsp3) is 0.250. The lowest BCUT2D eigenvalue weighted by molar-refractivity contribution is 0.411. The zero-order valence-corrected chi connectivity index (χ0v) is 16.2. The van der Waals surface area contributed by atoms with Crippen LogP contribution in [0.3, 0.4) is 0 Å². The van der Waals surface area contributed by atoms with Crippen molar-refractivity contribution >= 4 is 0 Å². The molecule has 26 heavy (non-hydrogen) atoms. The standard InChI is InChI=1S/C24H26O2/c1-6-18-15-21(20-12-13-22(25-4)16(2)14-20)23(24(26-5)17(18)3)19-10-8-7-9-11-19/h7-15H,6H2,1-5H3. The van der Waals surface area contributed by atoms with Gasteiger partial charge >= 0.3 is 0 Å². The van der Waals surface area contributed by atoms with Crippen molar-refractivity contribution in [1.29, 1.82) is 0 Å². The van der Waals surface area contributed by atoms with Crippen LogP contribution in [0, 0.1) is 13.8 Å². The van der Waals surface area contributed by atoms with E-state index in [9.17, 15) is 0 Å². The lowest BCUT2D eigenvalue weighted by Gasteiger charge is -2.20. The van der Waals surface area contributed by atoms with Crippen molar-refractivity contribution < 1.29 is 9.47 Å².